The summed E-state index contributed by atoms with van der Waals surface area (Å²) in [7, 11) is 0. The number of phenols is 2. The summed E-state index contributed by atoms with van der Waals surface area (Å²) in [5.41, 5.74) is 30.6. The van der Waals surface area contributed by atoms with Crippen LogP contribution in [-0.2, 0) is 58.7 Å². The number of unbranched alkanes of at least 4 members (excludes halogenated alkanes) is 4. The fourth-order valence-corrected chi connectivity index (χ4v) is 11.4. The SMILES string of the molecule is C1=CCC=C1.N.NC(N)=NCCCC(N)C(=O)NCCCNCCCNCCCCCNC(=O)C(CC=O)NC(=O)Cc1ccc(O)cc1O.NCCCNCCCCNCCCNCCCNCCCNC(=O)C1=CC=CC1.NCCCNCCCCNCCCNCCCNCCCNC(=O)Cc1c[nH]c2ccccc12.[CH3-].[CH3-].[Fe+2]. The Kier molecular flexibility index (Phi) is 80.7. The second kappa shape index (κ2) is 82.9. The van der Waals surface area contributed by atoms with Crippen molar-refractivity contribution in [1.82, 2.24) is 90.9 Å². The second-order valence-corrected chi connectivity index (χ2v) is 27.8. The molecule has 0 saturated carbocycles. The number of amides is 5. The van der Waals surface area contributed by atoms with Gasteiger partial charge in [-0.3, -0.25) is 29.0 Å². The van der Waals surface area contributed by atoms with E-state index >= 15 is 0 Å². The number of aromatic nitrogens is 1. The van der Waals surface area contributed by atoms with E-state index in [1.807, 2.05) is 42.6 Å². The Morgan fingerprint density at radius 1 is 0.483 bits per heavy atom. The van der Waals surface area contributed by atoms with Gasteiger partial charge in [-0.2, -0.15) is 0 Å². The first kappa shape index (κ1) is 113. The number of aromatic hydroxyl groups is 2. The van der Waals surface area contributed by atoms with Crippen LogP contribution in [-0.4, -0.2) is 246 Å². The van der Waals surface area contributed by atoms with Crippen LogP contribution in [0.25, 0.3) is 10.9 Å². The molecule has 2 aromatic carbocycles. The number of guanidine groups is 1. The average molecular weight is 1670 g/mol. The number of aromatic amines is 1. The molecule has 2 atom stereocenters. The van der Waals surface area contributed by atoms with Crippen LogP contribution in [0.5, 0.6) is 11.5 Å². The van der Waals surface area contributed by atoms with Gasteiger partial charge < -0.3 is 149 Å². The molecule has 0 fully saturated rings. The molecular formula is C84H157FeN23O8. The summed E-state index contributed by atoms with van der Waals surface area (Å²) in [6.45, 7) is 24.6. The number of para-hydroxylation sites is 1. The molecule has 664 valence electrons. The van der Waals surface area contributed by atoms with Gasteiger partial charge in [-0.15, -0.1) is 0 Å². The minimum absolute atomic E-state index is 0. The Labute approximate surface area is 706 Å². The Morgan fingerprint density at radius 3 is 1.35 bits per heavy atom. The van der Waals surface area contributed by atoms with Crippen LogP contribution in [0.4, 0.5) is 0 Å². The van der Waals surface area contributed by atoms with Gasteiger partial charge in [0.15, 0.2) is 5.96 Å². The fourth-order valence-electron chi connectivity index (χ4n) is 11.4. The smallest absolute Gasteiger partial charge is 0.508 e. The minimum Gasteiger partial charge on any atom is -0.508 e. The first-order valence-corrected chi connectivity index (χ1v) is 41.6. The summed E-state index contributed by atoms with van der Waals surface area (Å²) in [6.07, 6.45) is 37.8. The maximum Gasteiger partial charge on any atom is 2.00 e. The monoisotopic (exact) mass is 1670 g/mol. The number of fused-ring (bicyclic) bond motifs is 1. The molecule has 5 rings (SSSR count). The third-order valence-corrected chi connectivity index (χ3v) is 17.8. The molecule has 1 aromatic heterocycles. The van der Waals surface area contributed by atoms with Crippen molar-refractivity contribution in [1.29, 1.82) is 0 Å². The van der Waals surface area contributed by atoms with Crippen LogP contribution in [0.15, 0.2) is 102 Å². The van der Waals surface area contributed by atoms with Gasteiger partial charge in [0.25, 0.3) is 0 Å². The number of phenolic OH excluding ortho intramolecular Hbond substituents is 2. The molecule has 3 aromatic rings. The molecule has 0 spiro atoms. The second-order valence-electron chi connectivity index (χ2n) is 27.8. The number of nitrogens with one attached hydrogen (secondary N) is 16. The molecular weight excluding hydrogens is 1510 g/mol. The number of allylic oxidation sites excluding steroid dienone is 7. The van der Waals surface area contributed by atoms with Crippen molar-refractivity contribution in [2.24, 2.45) is 33.7 Å². The van der Waals surface area contributed by atoms with Gasteiger partial charge in [0, 0.05) is 73.4 Å². The predicted molar refractivity (Wildman–Crippen MR) is 476 cm³/mol. The van der Waals surface area contributed by atoms with Crippen LogP contribution in [0.1, 0.15) is 152 Å². The molecule has 5 amide bonds. The number of hydrogen-bond donors (Lipinski definition) is 24. The number of benzene rings is 2. The Hall–Kier alpha value is -7.21. The van der Waals surface area contributed by atoms with E-state index in [1.54, 1.807) is 0 Å². The fraction of sp³-hybridized carbons (Fsp3) is 0.631. The third kappa shape index (κ3) is 66.8. The largest absolute Gasteiger partial charge is 2.00 e. The van der Waals surface area contributed by atoms with Crippen molar-refractivity contribution in [3.8, 4) is 11.5 Å². The van der Waals surface area contributed by atoms with E-state index in [0.717, 1.165) is 262 Å². The number of rotatable bonds is 68. The molecule has 0 saturated heterocycles. The first-order valence-electron chi connectivity index (χ1n) is 41.6. The van der Waals surface area contributed by atoms with E-state index < -0.39 is 23.9 Å². The zero-order chi connectivity index (χ0) is 81.1. The number of carbonyl (C=O) groups excluding carboxylic acids is 6. The molecule has 0 aliphatic heterocycles. The number of hydrogen-bond acceptors (Lipinski definition) is 23. The van der Waals surface area contributed by atoms with Crippen LogP contribution in [0.2, 0.25) is 0 Å². The van der Waals surface area contributed by atoms with Gasteiger partial charge in [-0.1, -0.05) is 73.2 Å². The van der Waals surface area contributed by atoms with E-state index in [-0.39, 0.29) is 86.1 Å². The van der Waals surface area contributed by atoms with Crippen LogP contribution in [0.3, 0.4) is 0 Å². The average Bonchev–Trinajstić information content (AvgIpc) is 1.68. The minimum atomic E-state index is -0.995. The van der Waals surface area contributed by atoms with Crippen molar-refractivity contribution < 1.29 is 56.0 Å². The van der Waals surface area contributed by atoms with Gasteiger partial charge >= 0.3 is 17.1 Å². The summed E-state index contributed by atoms with van der Waals surface area (Å²) in [6, 6.07) is 10.4. The van der Waals surface area contributed by atoms with Crippen LogP contribution >= 0.6 is 0 Å². The van der Waals surface area contributed by atoms with E-state index in [2.05, 4.69) is 120 Å². The summed E-state index contributed by atoms with van der Waals surface area (Å²) in [5, 5.41) is 68.9. The Balaban J connectivity index is -0.00000160. The predicted octanol–water partition coefficient (Wildman–Crippen LogP) is 3.15. The van der Waals surface area contributed by atoms with Gasteiger partial charge in [0.2, 0.25) is 29.5 Å². The van der Waals surface area contributed by atoms with Crippen molar-refractivity contribution in [3.63, 3.8) is 0 Å². The normalized spacial score (nSPS) is 11.9. The van der Waals surface area contributed by atoms with E-state index in [4.69, 9.17) is 28.7 Å². The quantitative estimate of drug-likeness (QED) is 0.00963. The van der Waals surface area contributed by atoms with Crippen LogP contribution in [0, 0.1) is 14.9 Å². The van der Waals surface area contributed by atoms with Gasteiger partial charge in [0.05, 0.1) is 18.9 Å². The topological polar surface area (TPSA) is 517 Å². The van der Waals surface area contributed by atoms with Crippen molar-refractivity contribution >= 4 is 52.7 Å². The molecule has 0 radical (unpaired) electrons. The number of aliphatic imine (C=N–C) groups is 1. The number of nitrogens with zero attached hydrogens (tertiary/aromatic N) is 1. The van der Waals surface area contributed by atoms with Crippen LogP contribution < -0.4 is 115 Å². The molecule has 31 N–H and O–H groups in total. The third-order valence-electron chi connectivity index (χ3n) is 17.8. The molecule has 32 heteroatoms. The summed E-state index contributed by atoms with van der Waals surface area (Å²) < 4.78 is 0. The maximum absolute atomic E-state index is 12.5. The zero-order valence-corrected chi connectivity index (χ0v) is 71.8. The number of carbonyl (C=O) groups is 6. The van der Waals surface area contributed by atoms with Crippen molar-refractivity contribution in [2.75, 3.05) is 177 Å². The molecule has 116 heavy (non-hydrogen) atoms. The van der Waals surface area contributed by atoms with Crippen molar-refractivity contribution in [3.05, 3.63) is 123 Å². The molecule has 2 aliphatic rings. The van der Waals surface area contributed by atoms with E-state index in [0.29, 0.717) is 57.3 Å². The molecule has 0 bridgehead atoms. The number of H-pyrrole nitrogens is 1. The Morgan fingerprint density at radius 2 is 0.905 bits per heavy atom. The Bertz CT molecular complexity index is 3020. The number of aldehydes is 1. The maximum atomic E-state index is 12.5. The first-order chi connectivity index (χ1) is 54.8. The summed E-state index contributed by atoms with van der Waals surface area (Å²) in [5.74, 6) is -1.29. The van der Waals surface area contributed by atoms with Gasteiger partial charge in [-0.25, -0.2) is 0 Å². The van der Waals surface area contributed by atoms with Crippen molar-refractivity contribution in [2.45, 2.75) is 166 Å². The molecule has 31 nitrogen and oxygen atoms in total. The molecule has 2 unspecified atom stereocenters. The van der Waals surface area contributed by atoms with E-state index in [1.165, 1.54) is 50.7 Å². The summed E-state index contributed by atoms with van der Waals surface area (Å²) >= 11 is 0. The van der Waals surface area contributed by atoms with Gasteiger partial charge in [0.1, 0.15) is 23.8 Å². The number of nitrogens with two attached hydrogens (primary N) is 5. The zero-order valence-electron chi connectivity index (χ0n) is 70.7. The van der Waals surface area contributed by atoms with E-state index in [9.17, 15) is 39.0 Å². The van der Waals surface area contributed by atoms with Gasteiger partial charge in [-0.05, 0) is 290 Å². The standard InChI is InChI=1S/C29H51N9O6.C26H47N7O.C22H44N6O.C5H6.2CH3.Fe.H3N/c30-23(7-4-16-37-29(31)32)27(43)35-17-6-14-34-13-5-12-33-11-2-1-3-15-36-28(44)24(10-18-39)38-26(42)19-21-8-9-22(40)20-25(21)41;27-11-5-14-28-12-3-4-13-29-15-6-16-30-17-7-18-31-19-8-20-32-26(34)21-23-22-33-25-10-2-1-9-24(23)25;23-11-5-14-24-12-3-4-13-25-15-6-16-26-17-7-18-27-19-8-20-28-22(29)21-9-1-2-10-21;1-2-4-5-3-1;;;;/h8-9,18,20,23-24,33-34,40-41H,1-7,10-17,19,30H2,(H,35,43)(H,36,44)(H,38,42)(H4,31,32,37);1-2,9-10,22,28-31,33H,3-8,11-21,27H2,(H,32,34);1-2,9,24-27H,3-8,10-20,23H2,(H,28,29);1-4H,5H2;2*1H3;;1H3/q;;;;2*-1;+2;. The molecule has 1 heterocycles. The molecule has 2 aliphatic carbocycles. The summed E-state index contributed by atoms with van der Waals surface area (Å²) in [4.78, 5) is 78.8.